The summed E-state index contributed by atoms with van der Waals surface area (Å²) in [7, 11) is 0. The van der Waals surface area contributed by atoms with Crippen LogP contribution in [0.3, 0.4) is 0 Å². The smallest absolute Gasteiger partial charge is 0.240 e. The van der Waals surface area contributed by atoms with Crippen LogP contribution < -0.4 is 11.5 Å². The molecule has 0 radical (unpaired) electrons. The first-order valence-electron chi connectivity index (χ1n) is 3.07. The molecule has 0 fully saturated rings. The zero-order valence-corrected chi connectivity index (χ0v) is 8.09. The number of rotatable bonds is 3. The molecule has 0 aliphatic heterocycles. The summed E-state index contributed by atoms with van der Waals surface area (Å²) < 4.78 is 0. The zero-order valence-electron chi connectivity index (χ0n) is 7.27. The molecule has 1 amide bonds. The van der Waals surface area contributed by atoms with Crippen molar-refractivity contribution in [2.75, 3.05) is 0 Å². The lowest BCUT2D eigenvalue weighted by atomic mass is 10.6. The molecule has 0 aromatic heterocycles. The minimum atomic E-state index is -0.481. The van der Waals surface area contributed by atoms with Gasteiger partial charge in [-0.2, -0.15) is 0 Å². The van der Waals surface area contributed by atoms with Gasteiger partial charge < -0.3 is 11.5 Å². The number of hydrogen-bond donors (Lipinski definition) is 2. The predicted molar refractivity (Wildman–Crippen MR) is 58.7 cm³/mol. The molecule has 0 saturated heterocycles. The van der Waals surface area contributed by atoms with Gasteiger partial charge in [0.2, 0.25) is 5.91 Å². The van der Waals surface area contributed by atoms with Gasteiger partial charge in [-0.3, -0.25) is 4.79 Å². The Hall–Kier alpha value is -1.55. The molecule has 5 heteroatoms. The van der Waals surface area contributed by atoms with E-state index in [1.807, 2.05) is 0 Å². The molecule has 0 aliphatic carbocycles. The number of carbonyl (C=O) groups is 1. The summed E-state index contributed by atoms with van der Waals surface area (Å²) in [6.07, 6.45) is 3.89. The van der Waals surface area contributed by atoms with Gasteiger partial charge in [-0.25, -0.2) is 4.99 Å². The molecule has 0 aromatic rings. The fourth-order valence-electron chi connectivity index (χ4n) is 0.158. The van der Waals surface area contributed by atoms with Crippen molar-refractivity contribution in [3.63, 3.8) is 0 Å². The lowest BCUT2D eigenvalue weighted by molar-refractivity contribution is -0.113. The van der Waals surface area contributed by atoms with E-state index >= 15 is 0 Å². The van der Waals surface area contributed by atoms with Gasteiger partial charge in [0, 0.05) is 6.20 Å². The van der Waals surface area contributed by atoms with Gasteiger partial charge in [0.1, 0.15) is 5.84 Å². The first-order chi connectivity index (χ1) is 5.58. The first-order valence-corrected chi connectivity index (χ1v) is 3.07. The van der Waals surface area contributed by atoms with Crippen LogP contribution in [-0.2, 0) is 4.79 Å². The predicted octanol–water partition coefficient (Wildman–Crippen LogP) is 0.753. The van der Waals surface area contributed by atoms with Crippen molar-refractivity contribution >= 4 is 24.1 Å². The molecular weight excluding hydrogens is 190 g/mol. The van der Waals surface area contributed by atoms with E-state index in [9.17, 15) is 4.79 Å². The van der Waals surface area contributed by atoms with Crippen LogP contribution >= 0.6 is 12.4 Å². The van der Waals surface area contributed by atoms with Crippen LogP contribution in [0, 0.1) is 0 Å². The molecule has 0 atom stereocenters. The van der Waals surface area contributed by atoms with E-state index in [-0.39, 0.29) is 12.4 Å². The monoisotopic (exact) mass is 203 g/mol. The minimum Gasteiger partial charge on any atom is -0.384 e. The van der Waals surface area contributed by atoms with Crippen LogP contribution in [0.1, 0.15) is 0 Å². The molecule has 0 spiro atoms. The Labute approximate surface area is 84.1 Å². The topological polar surface area (TPSA) is 81.5 Å². The van der Waals surface area contributed by atoms with Gasteiger partial charge in [-0.05, 0) is 12.2 Å². The van der Waals surface area contributed by atoms with Crippen LogP contribution in [-0.4, -0.2) is 11.7 Å². The van der Waals surface area contributed by atoms with E-state index in [0.29, 0.717) is 5.84 Å². The van der Waals surface area contributed by atoms with Crippen molar-refractivity contribution in [3.05, 3.63) is 38.1 Å². The van der Waals surface area contributed by atoms with E-state index in [2.05, 4.69) is 30.5 Å². The highest BCUT2D eigenvalue weighted by molar-refractivity contribution is 5.91. The van der Waals surface area contributed by atoms with E-state index in [1.54, 1.807) is 0 Å². The van der Waals surface area contributed by atoms with Gasteiger partial charge >= 0.3 is 0 Å². The van der Waals surface area contributed by atoms with Gasteiger partial charge in [0.25, 0.3) is 0 Å². The number of amides is 1. The number of carbonyl (C=O) groups excluding carboxylic acids is 1. The Morgan fingerprint density at radius 2 is 1.54 bits per heavy atom. The number of halogens is 1. The molecule has 0 unspecified atom stereocenters. The third-order valence-electron chi connectivity index (χ3n) is 0.651. The Kier molecular flexibility index (Phi) is 17.6. The second-order valence-corrected chi connectivity index (χ2v) is 1.55. The average Bonchev–Trinajstić information content (AvgIpc) is 2.06. The third-order valence-corrected chi connectivity index (χ3v) is 0.651. The van der Waals surface area contributed by atoms with Gasteiger partial charge in [0.15, 0.2) is 0 Å². The molecule has 74 valence electrons. The van der Waals surface area contributed by atoms with Crippen molar-refractivity contribution in [3.8, 4) is 0 Å². The molecule has 13 heavy (non-hydrogen) atoms. The fourth-order valence-corrected chi connectivity index (χ4v) is 0.158. The normalized spacial score (nSPS) is 8.15. The summed E-state index contributed by atoms with van der Waals surface area (Å²) in [6, 6.07) is 0. The Morgan fingerprint density at radius 1 is 1.15 bits per heavy atom. The lowest BCUT2D eigenvalue weighted by Crippen LogP contribution is -2.05. The van der Waals surface area contributed by atoms with Crippen LogP contribution in [0.15, 0.2) is 43.1 Å². The van der Waals surface area contributed by atoms with Crippen LogP contribution in [0.5, 0.6) is 0 Å². The first kappa shape index (κ1) is 17.5. The zero-order chi connectivity index (χ0) is 9.98. The molecule has 0 aliphatic rings. The van der Waals surface area contributed by atoms with Crippen LogP contribution in [0.4, 0.5) is 0 Å². The number of amidine groups is 1. The van der Waals surface area contributed by atoms with E-state index < -0.39 is 5.91 Å². The highest BCUT2D eigenvalue weighted by Crippen LogP contribution is 1.68. The number of primary amides is 1. The summed E-state index contributed by atoms with van der Waals surface area (Å²) in [5.41, 5.74) is 9.68. The fraction of sp³-hybridized carbons (Fsp3) is 0. The summed E-state index contributed by atoms with van der Waals surface area (Å²) in [4.78, 5) is 13.1. The number of nitrogens with zero attached hydrogens (tertiary/aromatic N) is 1. The molecule has 0 rings (SSSR count). The maximum atomic E-state index is 9.47. The van der Waals surface area contributed by atoms with E-state index in [4.69, 9.17) is 5.73 Å². The van der Waals surface area contributed by atoms with Gasteiger partial charge in [-0.1, -0.05) is 19.7 Å². The summed E-state index contributed by atoms with van der Waals surface area (Å²) in [6.45, 7) is 9.79. The Balaban J connectivity index is -0.000000150. The van der Waals surface area contributed by atoms with Crippen molar-refractivity contribution in [1.29, 1.82) is 0 Å². The molecule has 0 heterocycles. The highest BCUT2D eigenvalue weighted by atomic mass is 35.5. The van der Waals surface area contributed by atoms with Crippen molar-refractivity contribution < 1.29 is 4.79 Å². The standard InChI is InChI=1S/C5H8N2.C3H5NO.ClH/c1-3-5(6)7-4-2;1-2-3(4)5;/h3-4H,1-2H2,(H2,6,7);2H,1H2,(H2,4,5);1H. The second kappa shape index (κ2) is 13.1. The van der Waals surface area contributed by atoms with E-state index in [1.165, 1.54) is 12.3 Å². The van der Waals surface area contributed by atoms with Crippen molar-refractivity contribution in [1.82, 2.24) is 0 Å². The Morgan fingerprint density at radius 3 is 1.62 bits per heavy atom. The molecule has 0 aromatic carbocycles. The molecule has 4 nitrogen and oxygen atoms in total. The number of aliphatic imine (C=N–C) groups is 1. The quantitative estimate of drug-likeness (QED) is 0.403. The third kappa shape index (κ3) is 25.1. The van der Waals surface area contributed by atoms with Crippen molar-refractivity contribution in [2.45, 2.75) is 0 Å². The summed E-state index contributed by atoms with van der Waals surface area (Å²) in [5, 5.41) is 0. The van der Waals surface area contributed by atoms with Crippen LogP contribution in [0.25, 0.3) is 0 Å². The maximum absolute atomic E-state index is 9.47. The van der Waals surface area contributed by atoms with Gasteiger partial charge in [-0.15, -0.1) is 12.4 Å². The molecule has 0 saturated carbocycles. The maximum Gasteiger partial charge on any atom is 0.240 e. The minimum absolute atomic E-state index is 0. The average molecular weight is 204 g/mol. The number of hydrogen-bond acceptors (Lipinski definition) is 2. The lowest BCUT2D eigenvalue weighted by Gasteiger charge is -1.80. The second-order valence-electron chi connectivity index (χ2n) is 1.55. The summed E-state index contributed by atoms with van der Waals surface area (Å²) in [5.74, 6) is -0.0833. The highest BCUT2D eigenvalue weighted by Gasteiger charge is 1.70. The number of nitrogens with two attached hydrogens (primary N) is 2. The molecule has 4 N–H and O–H groups in total. The largest absolute Gasteiger partial charge is 0.384 e. The van der Waals surface area contributed by atoms with Gasteiger partial charge in [0.05, 0.1) is 0 Å². The van der Waals surface area contributed by atoms with Crippen molar-refractivity contribution in [2.24, 2.45) is 16.5 Å². The summed E-state index contributed by atoms with van der Waals surface area (Å²) >= 11 is 0. The van der Waals surface area contributed by atoms with Crippen LogP contribution in [0.2, 0.25) is 0 Å². The molecular formula is C8H14ClN3O. The van der Waals surface area contributed by atoms with E-state index in [0.717, 1.165) is 6.08 Å². The Bertz CT molecular complexity index is 211. The molecule has 0 bridgehead atoms. The SMILES string of the molecule is C=CC(N)=O.C=CN=C(N)C=C.Cl.